The average molecular weight is 332 g/mol. The van der Waals surface area contributed by atoms with Gasteiger partial charge in [-0.05, 0) is 24.3 Å². The fourth-order valence-corrected chi connectivity index (χ4v) is 2.51. The van der Waals surface area contributed by atoms with Crippen LogP contribution in [0.15, 0.2) is 38.2 Å². The van der Waals surface area contributed by atoms with Crippen molar-refractivity contribution in [2.45, 2.75) is 18.4 Å². The standard InChI is InChI=1S/C10H10BrN3O3S/c1-7-13-10(14-17-7)6-12-18(15,16)9-4-2-8(11)3-5-9/h2-5,12H,6H2,1H3. The minimum absolute atomic E-state index is 0.00423. The van der Waals surface area contributed by atoms with Crippen LogP contribution in [0.5, 0.6) is 0 Å². The molecule has 0 radical (unpaired) electrons. The first-order chi connectivity index (χ1) is 8.47. The van der Waals surface area contributed by atoms with Gasteiger partial charge in [0.2, 0.25) is 15.9 Å². The number of nitrogens with zero attached hydrogens (tertiary/aromatic N) is 2. The second kappa shape index (κ2) is 5.17. The zero-order chi connectivity index (χ0) is 13.2. The fraction of sp³-hybridized carbons (Fsp3) is 0.200. The van der Waals surface area contributed by atoms with Gasteiger partial charge in [-0.1, -0.05) is 21.1 Å². The van der Waals surface area contributed by atoms with Crippen LogP contribution < -0.4 is 4.72 Å². The number of sulfonamides is 1. The molecule has 1 aromatic carbocycles. The number of aryl methyl sites for hydroxylation is 1. The van der Waals surface area contributed by atoms with Crippen LogP contribution in [0.2, 0.25) is 0 Å². The van der Waals surface area contributed by atoms with E-state index in [1.807, 2.05) is 0 Å². The molecule has 0 aliphatic carbocycles. The molecule has 0 bridgehead atoms. The smallest absolute Gasteiger partial charge is 0.240 e. The summed E-state index contributed by atoms with van der Waals surface area (Å²) in [6.07, 6.45) is 0. The number of rotatable bonds is 4. The largest absolute Gasteiger partial charge is 0.340 e. The van der Waals surface area contributed by atoms with Crippen molar-refractivity contribution in [3.63, 3.8) is 0 Å². The van der Waals surface area contributed by atoms with Gasteiger partial charge in [0.25, 0.3) is 0 Å². The van der Waals surface area contributed by atoms with E-state index in [0.29, 0.717) is 11.7 Å². The Hall–Kier alpha value is -1.25. The van der Waals surface area contributed by atoms with Crippen LogP contribution in [0.25, 0.3) is 0 Å². The van der Waals surface area contributed by atoms with Crippen molar-refractivity contribution in [3.05, 3.63) is 40.5 Å². The van der Waals surface area contributed by atoms with Crippen molar-refractivity contribution < 1.29 is 12.9 Å². The third-order valence-corrected chi connectivity index (χ3v) is 4.06. The molecule has 0 aliphatic heterocycles. The average Bonchev–Trinajstić information content (AvgIpc) is 2.73. The normalized spacial score (nSPS) is 11.7. The Kier molecular flexibility index (Phi) is 3.79. The Balaban J connectivity index is 2.10. The fourth-order valence-electron chi connectivity index (χ4n) is 1.27. The lowest BCUT2D eigenvalue weighted by Gasteiger charge is -2.04. The van der Waals surface area contributed by atoms with Crippen molar-refractivity contribution in [2.24, 2.45) is 0 Å². The van der Waals surface area contributed by atoms with Crippen LogP contribution in [-0.4, -0.2) is 18.6 Å². The van der Waals surface area contributed by atoms with E-state index in [1.54, 1.807) is 19.1 Å². The molecule has 0 unspecified atom stereocenters. The van der Waals surface area contributed by atoms with Crippen molar-refractivity contribution in [3.8, 4) is 0 Å². The van der Waals surface area contributed by atoms with Crippen LogP contribution in [-0.2, 0) is 16.6 Å². The Morgan fingerprint density at radius 2 is 2.00 bits per heavy atom. The summed E-state index contributed by atoms with van der Waals surface area (Å²) < 4.78 is 31.8. The van der Waals surface area contributed by atoms with Gasteiger partial charge >= 0.3 is 0 Å². The summed E-state index contributed by atoms with van der Waals surface area (Å²) in [5.74, 6) is 0.695. The summed E-state index contributed by atoms with van der Waals surface area (Å²) >= 11 is 3.24. The highest BCUT2D eigenvalue weighted by atomic mass is 79.9. The maximum atomic E-state index is 11.9. The number of halogens is 1. The molecule has 2 aromatic rings. The van der Waals surface area contributed by atoms with Gasteiger partial charge in [0.05, 0.1) is 11.4 Å². The Morgan fingerprint density at radius 3 is 2.56 bits per heavy atom. The highest BCUT2D eigenvalue weighted by Crippen LogP contribution is 2.14. The lowest BCUT2D eigenvalue weighted by atomic mass is 10.4. The molecule has 0 atom stereocenters. The number of hydrogen-bond donors (Lipinski definition) is 1. The van der Waals surface area contributed by atoms with Gasteiger partial charge in [0.15, 0.2) is 5.82 Å². The maximum Gasteiger partial charge on any atom is 0.240 e. The molecule has 8 heteroatoms. The molecular formula is C10H10BrN3O3S. The highest BCUT2D eigenvalue weighted by Gasteiger charge is 2.14. The molecule has 0 spiro atoms. The number of benzene rings is 1. The van der Waals surface area contributed by atoms with Gasteiger partial charge in [0, 0.05) is 11.4 Å². The maximum absolute atomic E-state index is 11.9. The molecule has 0 saturated heterocycles. The monoisotopic (exact) mass is 331 g/mol. The van der Waals surface area contributed by atoms with Crippen LogP contribution in [0, 0.1) is 6.92 Å². The van der Waals surface area contributed by atoms with E-state index >= 15 is 0 Å². The van der Waals surface area contributed by atoms with Crippen LogP contribution in [0.1, 0.15) is 11.7 Å². The second-order valence-corrected chi connectivity index (χ2v) is 6.19. The number of hydrogen-bond acceptors (Lipinski definition) is 5. The van der Waals surface area contributed by atoms with E-state index in [9.17, 15) is 8.42 Å². The molecule has 18 heavy (non-hydrogen) atoms. The van der Waals surface area contributed by atoms with Crippen molar-refractivity contribution >= 4 is 26.0 Å². The van der Waals surface area contributed by atoms with Gasteiger partial charge in [-0.15, -0.1) is 0 Å². The lowest BCUT2D eigenvalue weighted by molar-refractivity contribution is 0.387. The molecule has 1 heterocycles. The summed E-state index contributed by atoms with van der Waals surface area (Å²) in [7, 11) is -3.56. The van der Waals surface area contributed by atoms with Gasteiger partial charge in [0.1, 0.15) is 0 Å². The number of aromatic nitrogens is 2. The van der Waals surface area contributed by atoms with E-state index in [-0.39, 0.29) is 11.4 Å². The molecule has 2 rings (SSSR count). The summed E-state index contributed by atoms with van der Waals surface area (Å²) in [6.45, 7) is 1.63. The zero-order valence-electron chi connectivity index (χ0n) is 9.42. The van der Waals surface area contributed by atoms with Gasteiger partial charge < -0.3 is 4.52 Å². The first-order valence-electron chi connectivity index (χ1n) is 5.02. The van der Waals surface area contributed by atoms with Crippen LogP contribution in [0.4, 0.5) is 0 Å². The molecule has 0 aliphatic rings. The van der Waals surface area contributed by atoms with Crippen molar-refractivity contribution in [1.82, 2.24) is 14.9 Å². The Morgan fingerprint density at radius 1 is 1.33 bits per heavy atom. The van der Waals surface area contributed by atoms with E-state index in [4.69, 9.17) is 4.52 Å². The minimum atomic E-state index is -3.56. The Bertz CT molecular complexity index is 637. The first kappa shape index (κ1) is 13.2. The van der Waals surface area contributed by atoms with Gasteiger partial charge in [-0.2, -0.15) is 4.98 Å². The van der Waals surface area contributed by atoms with Crippen LogP contribution in [0.3, 0.4) is 0 Å². The topological polar surface area (TPSA) is 85.1 Å². The molecule has 96 valence electrons. The summed E-state index contributed by atoms with van der Waals surface area (Å²) in [6, 6.07) is 6.34. The summed E-state index contributed by atoms with van der Waals surface area (Å²) in [5, 5.41) is 3.61. The Labute approximate surface area is 113 Å². The molecule has 0 saturated carbocycles. The van der Waals surface area contributed by atoms with Crippen molar-refractivity contribution in [1.29, 1.82) is 0 Å². The zero-order valence-corrected chi connectivity index (χ0v) is 11.8. The number of nitrogens with one attached hydrogen (secondary N) is 1. The third-order valence-electron chi connectivity index (χ3n) is 2.11. The lowest BCUT2D eigenvalue weighted by Crippen LogP contribution is -2.23. The van der Waals surface area contributed by atoms with Crippen LogP contribution >= 0.6 is 15.9 Å². The highest BCUT2D eigenvalue weighted by molar-refractivity contribution is 9.10. The van der Waals surface area contributed by atoms with E-state index in [0.717, 1.165) is 4.47 Å². The summed E-state index contributed by atoms with van der Waals surface area (Å²) in [4.78, 5) is 4.10. The van der Waals surface area contributed by atoms with E-state index < -0.39 is 10.0 Å². The molecule has 0 fully saturated rings. The second-order valence-electron chi connectivity index (χ2n) is 3.51. The molecule has 6 nitrogen and oxygen atoms in total. The molecular weight excluding hydrogens is 322 g/mol. The molecule has 0 amide bonds. The quantitative estimate of drug-likeness (QED) is 0.920. The SMILES string of the molecule is Cc1nc(CNS(=O)(=O)c2ccc(Br)cc2)no1. The first-order valence-corrected chi connectivity index (χ1v) is 7.29. The summed E-state index contributed by atoms with van der Waals surface area (Å²) in [5.41, 5.74) is 0. The minimum Gasteiger partial charge on any atom is -0.340 e. The molecule has 1 aromatic heterocycles. The third kappa shape index (κ3) is 3.15. The van der Waals surface area contributed by atoms with Gasteiger partial charge in [-0.25, -0.2) is 13.1 Å². The predicted molar refractivity (Wildman–Crippen MR) is 67.2 cm³/mol. The van der Waals surface area contributed by atoms with E-state index in [2.05, 4.69) is 30.8 Å². The van der Waals surface area contributed by atoms with E-state index in [1.165, 1.54) is 12.1 Å². The molecule has 1 N–H and O–H groups in total. The van der Waals surface area contributed by atoms with Crippen molar-refractivity contribution in [2.75, 3.05) is 0 Å². The predicted octanol–water partition coefficient (Wildman–Crippen LogP) is 1.62. The van der Waals surface area contributed by atoms with Gasteiger partial charge in [-0.3, -0.25) is 0 Å².